The molecule has 0 aliphatic heterocycles. The first-order chi connectivity index (χ1) is 7.13. The summed E-state index contributed by atoms with van der Waals surface area (Å²) in [6.07, 6.45) is 3.46. The summed E-state index contributed by atoms with van der Waals surface area (Å²) < 4.78 is 12.6. The van der Waals surface area contributed by atoms with E-state index in [1.165, 1.54) is 6.07 Å². The molecular formula is C12H18FNO. The predicted octanol–water partition coefficient (Wildman–Crippen LogP) is 3.08. The second-order valence-electron chi connectivity index (χ2n) is 4.05. The van der Waals surface area contributed by atoms with Crippen LogP contribution in [0, 0.1) is 11.7 Å². The van der Waals surface area contributed by atoms with Gasteiger partial charge in [0.05, 0.1) is 18.0 Å². The molecule has 1 heterocycles. The van der Waals surface area contributed by atoms with Crippen LogP contribution in [0.4, 0.5) is 4.39 Å². The minimum atomic E-state index is -0.577. The average molecular weight is 211 g/mol. The Balaban J connectivity index is 2.53. The lowest BCUT2D eigenvalue weighted by atomic mass is 9.97. The predicted molar refractivity (Wildman–Crippen MR) is 57.8 cm³/mol. The summed E-state index contributed by atoms with van der Waals surface area (Å²) in [4.78, 5) is 3.87. The number of aliphatic hydroxyl groups excluding tert-OH is 1. The van der Waals surface area contributed by atoms with Crippen molar-refractivity contribution in [2.45, 2.75) is 39.2 Å². The van der Waals surface area contributed by atoms with E-state index >= 15 is 0 Å². The van der Waals surface area contributed by atoms with Gasteiger partial charge in [0.2, 0.25) is 0 Å². The molecule has 1 N–H and O–H groups in total. The van der Waals surface area contributed by atoms with Gasteiger partial charge in [-0.1, -0.05) is 26.7 Å². The fourth-order valence-corrected chi connectivity index (χ4v) is 1.70. The number of aliphatic hydroxyl groups is 1. The van der Waals surface area contributed by atoms with Gasteiger partial charge in [-0.2, -0.15) is 0 Å². The highest BCUT2D eigenvalue weighted by Crippen LogP contribution is 2.22. The van der Waals surface area contributed by atoms with E-state index in [1.54, 1.807) is 6.07 Å². The molecule has 3 heteroatoms. The van der Waals surface area contributed by atoms with Crippen molar-refractivity contribution in [1.82, 2.24) is 4.98 Å². The zero-order valence-corrected chi connectivity index (χ0v) is 9.28. The molecule has 2 atom stereocenters. The number of rotatable bonds is 5. The maximum atomic E-state index is 12.6. The summed E-state index contributed by atoms with van der Waals surface area (Å²) in [5, 5.41) is 9.82. The molecule has 0 saturated heterocycles. The maximum absolute atomic E-state index is 12.6. The van der Waals surface area contributed by atoms with Crippen LogP contribution in [0.5, 0.6) is 0 Å². The first-order valence-corrected chi connectivity index (χ1v) is 5.43. The summed E-state index contributed by atoms with van der Waals surface area (Å²) >= 11 is 0. The van der Waals surface area contributed by atoms with E-state index in [4.69, 9.17) is 0 Å². The number of hydrogen-bond acceptors (Lipinski definition) is 2. The Kier molecular flexibility index (Phi) is 4.69. The van der Waals surface area contributed by atoms with Crippen molar-refractivity contribution >= 4 is 0 Å². The van der Waals surface area contributed by atoms with Gasteiger partial charge in [-0.3, -0.25) is 4.98 Å². The van der Waals surface area contributed by atoms with Crippen LogP contribution in [0.15, 0.2) is 18.3 Å². The summed E-state index contributed by atoms with van der Waals surface area (Å²) in [6.45, 7) is 4.23. The van der Waals surface area contributed by atoms with Crippen LogP contribution < -0.4 is 0 Å². The van der Waals surface area contributed by atoms with Crippen molar-refractivity contribution in [2.75, 3.05) is 0 Å². The van der Waals surface area contributed by atoms with Gasteiger partial charge in [-0.25, -0.2) is 4.39 Å². The van der Waals surface area contributed by atoms with Crippen molar-refractivity contribution < 1.29 is 9.50 Å². The Labute approximate surface area is 90.2 Å². The smallest absolute Gasteiger partial charge is 0.141 e. The third-order valence-electron chi connectivity index (χ3n) is 2.50. The van der Waals surface area contributed by atoms with Gasteiger partial charge in [-0.05, 0) is 24.5 Å². The Hall–Kier alpha value is -0.960. The molecule has 0 fully saturated rings. The van der Waals surface area contributed by atoms with Crippen molar-refractivity contribution in [2.24, 2.45) is 5.92 Å². The van der Waals surface area contributed by atoms with Gasteiger partial charge in [0.1, 0.15) is 5.82 Å². The number of aromatic nitrogens is 1. The lowest BCUT2D eigenvalue weighted by Gasteiger charge is -2.15. The van der Waals surface area contributed by atoms with E-state index in [2.05, 4.69) is 18.8 Å². The zero-order chi connectivity index (χ0) is 11.3. The number of hydrogen-bond donors (Lipinski definition) is 1. The van der Waals surface area contributed by atoms with E-state index < -0.39 is 6.10 Å². The fraction of sp³-hybridized carbons (Fsp3) is 0.583. The molecule has 0 saturated carbocycles. The minimum absolute atomic E-state index is 0.368. The summed E-state index contributed by atoms with van der Waals surface area (Å²) in [5.41, 5.74) is 0.555. The zero-order valence-electron chi connectivity index (χ0n) is 9.28. The van der Waals surface area contributed by atoms with E-state index in [9.17, 15) is 9.50 Å². The largest absolute Gasteiger partial charge is 0.387 e. The monoisotopic (exact) mass is 211 g/mol. The van der Waals surface area contributed by atoms with E-state index in [0.29, 0.717) is 18.0 Å². The molecule has 0 spiro atoms. The Morgan fingerprint density at radius 3 is 2.73 bits per heavy atom. The summed E-state index contributed by atoms with van der Waals surface area (Å²) in [5.74, 6) is 0.101. The SMILES string of the molecule is CCCC(C)CC(O)c1ccc(F)cn1. The third-order valence-corrected chi connectivity index (χ3v) is 2.50. The van der Waals surface area contributed by atoms with Gasteiger partial charge in [-0.15, -0.1) is 0 Å². The van der Waals surface area contributed by atoms with Gasteiger partial charge in [0.15, 0.2) is 0 Å². The highest BCUT2D eigenvalue weighted by atomic mass is 19.1. The van der Waals surface area contributed by atoms with Crippen molar-refractivity contribution in [1.29, 1.82) is 0 Å². The molecule has 0 aromatic carbocycles. The van der Waals surface area contributed by atoms with Gasteiger partial charge < -0.3 is 5.11 Å². The molecule has 2 nitrogen and oxygen atoms in total. The van der Waals surface area contributed by atoms with Crippen LogP contribution >= 0.6 is 0 Å². The lowest BCUT2D eigenvalue weighted by Crippen LogP contribution is -2.06. The highest BCUT2D eigenvalue weighted by molar-refractivity contribution is 5.07. The number of pyridine rings is 1. The Bertz CT molecular complexity index is 286. The molecule has 1 aromatic heterocycles. The molecule has 2 unspecified atom stereocenters. The molecule has 0 bridgehead atoms. The fourth-order valence-electron chi connectivity index (χ4n) is 1.70. The van der Waals surface area contributed by atoms with Crippen LogP contribution in [0.25, 0.3) is 0 Å². The number of halogens is 1. The van der Waals surface area contributed by atoms with Crippen LogP contribution in [0.2, 0.25) is 0 Å². The van der Waals surface area contributed by atoms with Crippen LogP contribution in [-0.2, 0) is 0 Å². The molecule has 1 rings (SSSR count). The van der Waals surface area contributed by atoms with Gasteiger partial charge in [0, 0.05) is 0 Å². The second-order valence-corrected chi connectivity index (χ2v) is 4.05. The molecule has 15 heavy (non-hydrogen) atoms. The normalized spacial score (nSPS) is 14.9. The molecule has 0 aliphatic carbocycles. The first kappa shape index (κ1) is 12.1. The molecule has 1 aromatic rings. The van der Waals surface area contributed by atoms with E-state index in [-0.39, 0.29) is 5.82 Å². The highest BCUT2D eigenvalue weighted by Gasteiger charge is 2.12. The second kappa shape index (κ2) is 5.81. The van der Waals surface area contributed by atoms with Crippen molar-refractivity contribution in [3.8, 4) is 0 Å². The molecule has 0 aliphatic rings. The van der Waals surface area contributed by atoms with Crippen LogP contribution in [0.1, 0.15) is 44.9 Å². The number of nitrogens with zero attached hydrogens (tertiary/aromatic N) is 1. The van der Waals surface area contributed by atoms with E-state index in [0.717, 1.165) is 19.0 Å². The summed E-state index contributed by atoms with van der Waals surface area (Å²) in [6, 6.07) is 2.87. The standard InChI is InChI=1S/C12H18FNO/c1-3-4-9(2)7-12(15)11-6-5-10(13)8-14-11/h5-6,8-9,12,15H,3-4,7H2,1-2H3. The van der Waals surface area contributed by atoms with Gasteiger partial charge >= 0.3 is 0 Å². The van der Waals surface area contributed by atoms with Crippen LogP contribution in [0.3, 0.4) is 0 Å². The first-order valence-electron chi connectivity index (χ1n) is 5.43. The molecule has 84 valence electrons. The summed E-state index contributed by atoms with van der Waals surface area (Å²) in [7, 11) is 0. The molecule has 0 radical (unpaired) electrons. The van der Waals surface area contributed by atoms with Crippen LogP contribution in [-0.4, -0.2) is 10.1 Å². The Morgan fingerprint density at radius 1 is 1.47 bits per heavy atom. The van der Waals surface area contributed by atoms with Gasteiger partial charge in [0.25, 0.3) is 0 Å². The lowest BCUT2D eigenvalue weighted by molar-refractivity contribution is 0.140. The molecule has 0 amide bonds. The molecular weight excluding hydrogens is 193 g/mol. The Morgan fingerprint density at radius 2 is 2.20 bits per heavy atom. The average Bonchev–Trinajstić information content (AvgIpc) is 2.18. The maximum Gasteiger partial charge on any atom is 0.141 e. The minimum Gasteiger partial charge on any atom is -0.387 e. The van der Waals surface area contributed by atoms with Crippen molar-refractivity contribution in [3.05, 3.63) is 29.8 Å². The van der Waals surface area contributed by atoms with Crippen molar-refractivity contribution in [3.63, 3.8) is 0 Å². The quantitative estimate of drug-likeness (QED) is 0.811. The van der Waals surface area contributed by atoms with E-state index in [1.807, 2.05) is 0 Å². The third kappa shape index (κ3) is 3.96. The topological polar surface area (TPSA) is 33.1 Å².